The molecule has 0 spiro atoms. The van der Waals surface area contributed by atoms with E-state index in [1.165, 1.54) is 0 Å². The average Bonchev–Trinajstić information content (AvgIpc) is 2.36. The van der Waals surface area contributed by atoms with Crippen LogP contribution in [-0.4, -0.2) is 19.2 Å². The molecule has 2 aromatic rings. The number of alkyl halides is 1. The zero-order chi connectivity index (χ0) is 12.4. The van der Waals surface area contributed by atoms with E-state index >= 15 is 0 Å². The van der Waals surface area contributed by atoms with E-state index in [1.807, 2.05) is 12.1 Å². The molecular weight excluding hydrogens is 261 g/mol. The van der Waals surface area contributed by atoms with Gasteiger partial charge in [0.2, 0.25) is 0 Å². The Hall–Kier alpha value is -1.19. The molecule has 2 rings (SSSR count). The van der Waals surface area contributed by atoms with E-state index in [0.29, 0.717) is 22.3 Å². The van der Waals surface area contributed by atoms with Crippen molar-refractivity contribution in [2.24, 2.45) is 0 Å². The molecular formula is C12H11Cl2NO2. The van der Waals surface area contributed by atoms with Crippen molar-refractivity contribution >= 4 is 34.1 Å². The Labute approximate surface area is 109 Å². The molecule has 0 atom stereocenters. The molecule has 0 saturated heterocycles. The Bertz CT molecular complexity index is 558. The Morgan fingerprint density at radius 1 is 1.18 bits per heavy atom. The maximum atomic E-state index is 6.04. The summed E-state index contributed by atoms with van der Waals surface area (Å²) < 4.78 is 10.5. The summed E-state index contributed by atoms with van der Waals surface area (Å²) in [6.45, 7) is 0. The lowest BCUT2D eigenvalue weighted by Gasteiger charge is -2.10. The summed E-state index contributed by atoms with van der Waals surface area (Å²) in [6.07, 6.45) is 0. The first kappa shape index (κ1) is 12.3. The van der Waals surface area contributed by atoms with E-state index in [1.54, 1.807) is 20.3 Å². The van der Waals surface area contributed by atoms with Crippen LogP contribution in [0.15, 0.2) is 18.2 Å². The maximum absolute atomic E-state index is 6.04. The van der Waals surface area contributed by atoms with Gasteiger partial charge in [-0.05, 0) is 18.2 Å². The number of benzene rings is 1. The van der Waals surface area contributed by atoms with Crippen molar-refractivity contribution in [2.45, 2.75) is 5.88 Å². The third-order valence-corrected chi connectivity index (χ3v) is 3.13. The summed E-state index contributed by atoms with van der Waals surface area (Å²) in [4.78, 5) is 4.30. The summed E-state index contributed by atoms with van der Waals surface area (Å²) in [6, 6.07) is 5.50. The predicted molar refractivity (Wildman–Crippen MR) is 69.4 cm³/mol. The number of ether oxygens (including phenoxy) is 2. The largest absolute Gasteiger partial charge is 0.496 e. The summed E-state index contributed by atoms with van der Waals surface area (Å²) in [5.41, 5.74) is 1.44. The van der Waals surface area contributed by atoms with Gasteiger partial charge >= 0.3 is 0 Å². The highest BCUT2D eigenvalue weighted by Crippen LogP contribution is 2.34. The Kier molecular flexibility index (Phi) is 3.60. The van der Waals surface area contributed by atoms with Crippen molar-refractivity contribution in [3.05, 3.63) is 28.9 Å². The van der Waals surface area contributed by atoms with Crippen molar-refractivity contribution in [3.63, 3.8) is 0 Å². The van der Waals surface area contributed by atoms with Gasteiger partial charge in [-0.2, -0.15) is 0 Å². The third-order valence-electron chi connectivity index (χ3n) is 2.52. The summed E-state index contributed by atoms with van der Waals surface area (Å²) in [5, 5.41) is 1.23. The molecule has 0 amide bonds. The number of fused-ring (bicyclic) bond motifs is 1. The molecule has 0 unspecified atom stereocenters. The first-order valence-corrected chi connectivity index (χ1v) is 5.88. The number of methoxy groups -OCH3 is 2. The predicted octanol–water partition coefficient (Wildman–Crippen LogP) is 3.64. The Balaban J connectivity index is 2.81. The van der Waals surface area contributed by atoms with Crippen LogP contribution in [0.2, 0.25) is 5.15 Å². The van der Waals surface area contributed by atoms with Crippen LogP contribution in [0.1, 0.15) is 5.56 Å². The van der Waals surface area contributed by atoms with E-state index < -0.39 is 0 Å². The van der Waals surface area contributed by atoms with Crippen LogP contribution in [-0.2, 0) is 5.88 Å². The molecule has 0 aliphatic rings. The molecule has 0 radical (unpaired) electrons. The van der Waals surface area contributed by atoms with Crippen LogP contribution in [0.25, 0.3) is 10.9 Å². The zero-order valence-corrected chi connectivity index (χ0v) is 11.0. The fourth-order valence-corrected chi connectivity index (χ4v) is 2.14. The van der Waals surface area contributed by atoms with Gasteiger partial charge in [-0.1, -0.05) is 11.6 Å². The topological polar surface area (TPSA) is 31.4 Å². The minimum Gasteiger partial charge on any atom is -0.496 e. The van der Waals surface area contributed by atoms with Gasteiger partial charge in [0.25, 0.3) is 0 Å². The van der Waals surface area contributed by atoms with E-state index in [2.05, 4.69) is 4.98 Å². The number of hydrogen-bond donors (Lipinski definition) is 0. The summed E-state index contributed by atoms with van der Waals surface area (Å²) in [5.74, 6) is 1.68. The van der Waals surface area contributed by atoms with Gasteiger partial charge in [-0.3, -0.25) is 0 Å². The van der Waals surface area contributed by atoms with Crippen molar-refractivity contribution in [3.8, 4) is 11.5 Å². The van der Waals surface area contributed by atoms with Gasteiger partial charge < -0.3 is 9.47 Å². The van der Waals surface area contributed by atoms with Crippen LogP contribution in [0.5, 0.6) is 11.5 Å². The lowest BCUT2D eigenvalue weighted by Crippen LogP contribution is -1.94. The lowest BCUT2D eigenvalue weighted by atomic mass is 10.1. The lowest BCUT2D eigenvalue weighted by molar-refractivity contribution is 0.409. The minimum absolute atomic E-state index is 0.308. The molecule has 90 valence electrons. The van der Waals surface area contributed by atoms with Gasteiger partial charge in [-0.25, -0.2) is 4.98 Å². The highest BCUT2D eigenvalue weighted by molar-refractivity contribution is 6.31. The molecule has 0 fully saturated rings. The number of nitrogens with zero attached hydrogens (tertiary/aromatic N) is 1. The molecule has 0 aliphatic heterocycles. The quantitative estimate of drug-likeness (QED) is 0.631. The molecule has 1 aromatic heterocycles. The van der Waals surface area contributed by atoms with Gasteiger partial charge in [0, 0.05) is 10.9 Å². The van der Waals surface area contributed by atoms with Gasteiger partial charge in [0.1, 0.15) is 22.2 Å². The number of pyridine rings is 1. The fourth-order valence-electron chi connectivity index (χ4n) is 1.66. The number of aromatic nitrogens is 1. The van der Waals surface area contributed by atoms with Gasteiger partial charge in [-0.15, -0.1) is 11.6 Å². The number of hydrogen-bond acceptors (Lipinski definition) is 3. The summed E-state index contributed by atoms with van der Waals surface area (Å²) in [7, 11) is 3.20. The standard InChI is InChI=1S/C12H11Cl2NO2/c1-16-9-3-4-10(17-2)11-8(9)5-7(6-13)12(14)15-11/h3-5H,6H2,1-2H3. The first-order chi connectivity index (χ1) is 8.21. The van der Waals surface area contributed by atoms with Crippen LogP contribution in [0.3, 0.4) is 0 Å². The molecule has 1 heterocycles. The average molecular weight is 272 g/mol. The highest BCUT2D eigenvalue weighted by atomic mass is 35.5. The second kappa shape index (κ2) is 4.98. The molecule has 0 saturated carbocycles. The van der Waals surface area contributed by atoms with E-state index in [0.717, 1.165) is 16.7 Å². The molecule has 0 bridgehead atoms. The number of rotatable bonds is 3. The molecule has 5 heteroatoms. The Morgan fingerprint density at radius 3 is 2.41 bits per heavy atom. The van der Waals surface area contributed by atoms with E-state index in [4.69, 9.17) is 32.7 Å². The van der Waals surface area contributed by atoms with Crippen molar-refractivity contribution in [1.82, 2.24) is 4.98 Å². The second-order valence-electron chi connectivity index (χ2n) is 3.44. The maximum Gasteiger partial charge on any atom is 0.145 e. The molecule has 0 N–H and O–H groups in total. The monoisotopic (exact) mass is 271 g/mol. The summed E-state index contributed by atoms with van der Waals surface area (Å²) >= 11 is 11.8. The van der Waals surface area contributed by atoms with E-state index in [-0.39, 0.29) is 0 Å². The third kappa shape index (κ3) is 2.13. The van der Waals surface area contributed by atoms with Gasteiger partial charge in [0.05, 0.1) is 20.1 Å². The fraction of sp³-hybridized carbons (Fsp3) is 0.250. The molecule has 3 nitrogen and oxygen atoms in total. The van der Waals surface area contributed by atoms with Crippen molar-refractivity contribution in [1.29, 1.82) is 0 Å². The van der Waals surface area contributed by atoms with Crippen LogP contribution in [0, 0.1) is 0 Å². The zero-order valence-electron chi connectivity index (χ0n) is 9.46. The smallest absolute Gasteiger partial charge is 0.145 e. The first-order valence-electron chi connectivity index (χ1n) is 4.97. The second-order valence-corrected chi connectivity index (χ2v) is 4.06. The molecule has 0 aliphatic carbocycles. The van der Waals surface area contributed by atoms with Crippen molar-refractivity contribution in [2.75, 3.05) is 14.2 Å². The van der Waals surface area contributed by atoms with E-state index in [9.17, 15) is 0 Å². The van der Waals surface area contributed by atoms with Crippen LogP contribution in [0.4, 0.5) is 0 Å². The normalized spacial score (nSPS) is 10.6. The molecule has 1 aromatic carbocycles. The number of halogens is 2. The molecule has 17 heavy (non-hydrogen) atoms. The van der Waals surface area contributed by atoms with Crippen LogP contribution < -0.4 is 9.47 Å². The van der Waals surface area contributed by atoms with Crippen molar-refractivity contribution < 1.29 is 9.47 Å². The Morgan fingerprint density at radius 2 is 1.82 bits per heavy atom. The van der Waals surface area contributed by atoms with Gasteiger partial charge in [0.15, 0.2) is 0 Å². The van der Waals surface area contributed by atoms with Crippen LogP contribution >= 0.6 is 23.2 Å². The highest BCUT2D eigenvalue weighted by Gasteiger charge is 2.12. The minimum atomic E-state index is 0.308. The SMILES string of the molecule is COc1ccc(OC)c2nc(Cl)c(CCl)cc12.